The summed E-state index contributed by atoms with van der Waals surface area (Å²) < 4.78 is 31.7. The van der Waals surface area contributed by atoms with E-state index in [-0.39, 0.29) is 10.9 Å². The molecule has 1 saturated carbocycles. The number of hydrogen-bond acceptors (Lipinski definition) is 5. The number of hydrogen-bond donors (Lipinski definition) is 2. The van der Waals surface area contributed by atoms with Crippen molar-refractivity contribution in [3.05, 3.63) is 29.8 Å². The second-order valence-electron chi connectivity index (χ2n) is 6.23. The highest BCUT2D eigenvalue weighted by atomic mass is 32.2. The summed E-state index contributed by atoms with van der Waals surface area (Å²) in [6.45, 7) is 3.00. The lowest BCUT2D eigenvalue weighted by atomic mass is 9.96. The molecular weight excluding hydrogens is 344 g/mol. The first kappa shape index (κ1) is 19.2. The van der Waals surface area contributed by atoms with Crippen molar-refractivity contribution in [1.82, 2.24) is 10.0 Å². The van der Waals surface area contributed by atoms with Gasteiger partial charge in [-0.1, -0.05) is 31.4 Å². The SMILES string of the molecule is CC(=O)O[C@@H](C)c1ccc(S(=O)(=O)NC(=O)NC2CCCCC2)cc1. The molecule has 1 aliphatic carbocycles. The van der Waals surface area contributed by atoms with Crippen LogP contribution in [-0.2, 0) is 19.6 Å². The van der Waals surface area contributed by atoms with Gasteiger partial charge in [-0.15, -0.1) is 0 Å². The molecule has 2 amide bonds. The van der Waals surface area contributed by atoms with Crippen molar-refractivity contribution in [1.29, 1.82) is 0 Å². The largest absolute Gasteiger partial charge is 0.458 e. The van der Waals surface area contributed by atoms with Gasteiger partial charge in [-0.05, 0) is 37.5 Å². The summed E-state index contributed by atoms with van der Waals surface area (Å²) in [5.74, 6) is -0.412. The summed E-state index contributed by atoms with van der Waals surface area (Å²) in [4.78, 5) is 22.9. The first-order chi connectivity index (χ1) is 11.8. The quantitative estimate of drug-likeness (QED) is 0.778. The molecule has 0 radical (unpaired) electrons. The van der Waals surface area contributed by atoms with E-state index in [9.17, 15) is 18.0 Å². The third kappa shape index (κ3) is 5.74. The van der Waals surface area contributed by atoms with E-state index in [1.165, 1.54) is 19.1 Å². The lowest BCUT2D eigenvalue weighted by Gasteiger charge is -2.22. The highest BCUT2D eigenvalue weighted by molar-refractivity contribution is 7.90. The minimum atomic E-state index is -3.95. The van der Waals surface area contributed by atoms with E-state index in [2.05, 4.69) is 5.32 Å². The summed E-state index contributed by atoms with van der Waals surface area (Å²) in [6, 6.07) is 5.19. The van der Waals surface area contributed by atoms with Crippen LogP contribution in [0.1, 0.15) is 57.6 Å². The predicted octanol–water partition coefficient (Wildman–Crippen LogP) is 2.63. The Bertz CT molecular complexity index is 709. The number of carbonyl (C=O) groups excluding carboxylic acids is 2. The van der Waals surface area contributed by atoms with Crippen molar-refractivity contribution in [2.24, 2.45) is 0 Å². The molecule has 0 aromatic heterocycles. The number of amides is 2. The van der Waals surface area contributed by atoms with Crippen LogP contribution in [0, 0.1) is 0 Å². The van der Waals surface area contributed by atoms with Crippen LogP contribution in [-0.4, -0.2) is 26.5 Å². The highest BCUT2D eigenvalue weighted by Crippen LogP contribution is 2.20. The van der Waals surface area contributed by atoms with Gasteiger partial charge in [0.05, 0.1) is 4.90 Å². The molecule has 1 fully saturated rings. The summed E-state index contributed by atoms with van der Waals surface area (Å²) in [5.41, 5.74) is 0.667. The second-order valence-corrected chi connectivity index (χ2v) is 7.92. The zero-order chi connectivity index (χ0) is 18.4. The molecule has 0 aliphatic heterocycles. The van der Waals surface area contributed by atoms with Crippen molar-refractivity contribution in [2.45, 2.75) is 63.0 Å². The number of rotatable bonds is 5. The van der Waals surface area contributed by atoms with Gasteiger partial charge in [0.1, 0.15) is 6.10 Å². The molecule has 25 heavy (non-hydrogen) atoms. The van der Waals surface area contributed by atoms with Crippen LogP contribution in [0.5, 0.6) is 0 Å². The highest BCUT2D eigenvalue weighted by Gasteiger charge is 2.21. The van der Waals surface area contributed by atoms with E-state index >= 15 is 0 Å². The molecule has 2 N–H and O–H groups in total. The van der Waals surface area contributed by atoms with Gasteiger partial charge in [-0.2, -0.15) is 0 Å². The average molecular weight is 368 g/mol. The van der Waals surface area contributed by atoms with Gasteiger partial charge in [-0.3, -0.25) is 4.79 Å². The van der Waals surface area contributed by atoms with Crippen LogP contribution in [0.4, 0.5) is 4.79 Å². The van der Waals surface area contributed by atoms with Gasteiger partial charge in [0.25, 0.3) is 10.0 Å². The maximum atomic E-state index is 12.3. The van der Waals surface area contributed by atoms with Crippen LogP contribution in [0.25, 0.3) is 0 Å². The van der Waals surface area contributed by atoms with Crippen molar-refractivity contribution >= 4 is 22.0 Å². The smallest absolute Gasteiger partial charge is 0.328 e. The normalized spacial score (nSPS) is 16.7. The Kier molecular flexibility index (Phi) is 6.41. The maximum absolute atomic E-state index is 12.3. The summed E-state index contributed by atoms with van der Waals surface area (Å²) in [6.07, 6.45) is 4.50. The number of sulfonamides is 1. The molecule has 0 spiro atoms. The number of ether oxygens (including phenoxy) is 1. The monoisotopic (exact) mass is 368 g/mol. The minimum Gasteiger partial charge on any atom is -0.458 e. The number of carbonyl (C=O) groups is 2. The van der Waals surface area contributed by atoms with E-state index < -0.39 is 28.1 Å². The van der Waals surface area contributed by atoms with Gasteiger partial charge >= 0.3 is 12.0 Å². The zero-order valence-corrected chi connectivity index (χ0v) is 15.3. The number of urea groups is 1. The molecule has 0 saturated heterocycles. The Hall–Kier alpha value is -2.09. The van der Waals surface area contributed by atoms with E-state index in [1.54, 1.807) is 19.1 Å². The third-order valence-corrected chi connectivity index (χ3v) is 5.52. The standard InChI is InChI=1S/C17H24N2O5S/c1-12(24-13(2)20)14-8-10-16(11-9-14)25(22,23)19-17(21)18-15-6-4-3-5-7-15/h8-12,15H,3-7H2,1-2H3,(H2,18,19,21)/t12-/m0/s1. The number of nitrogens with one attached hydrogen (secondary N) is 2. The molecule has 0 unspecified atom stereocenters. The van der Waals surface area contributed by atoms with Gasteiger partial charge < -0.3 is 10.1 Å². The first-order valence-corrected chi connectivity index (χ1v) is 9.87. The van der Waals surface area contributed by atoms with Crippen LogP contribution in [0.3, 0.4) is 0 Å². The number of esters is 1. The molecule has 0 heterocycles. The number of benzene rings is 1. The topological polar surface area (TPSA) is 102 Å². The lowest BCUT2D eigenvalue weighted by Crippen LogP contribution is -2.45. The van der Waals surface area contributed by atoms with E-state index in [4.69, 9.17) is 4.74 Å². The van der Waals surface area contributed by atoms with Crippen molar-refractivity contribution in [2.75, 3.05) is 0 Å². The van der Waals surface area contributed by atoms with Gasteiger partial charge in [0, 0.05) is 13.0 Å². The fourth-order valence-corrected chi connectivity index (χ4v) is 3.79. The molecule has 0 bridgehead atoms. The predicted molar refractivity (Wildman–Crippen MR) is 92.3 cm³/mol. The summed E-state index contributed by atoms with van der Waals surface area (Å²) >= 11 is 0. The molecule has 1 atom stereocenters. The minimum absolute atomic E-state index is 0.0231. The molecule has 8 heteroatoms. The molecule has 138 valence electrons. The Balaban J connectivity index is 1.98. The molecule has 1 aromatic carbocycles. The maximum Gasteiger partial charge on any atom is 0.328 e. The van der Waals surface area contributed by atoms with Gasteiger partial charge in [0.15, 0.2) is 0 Å². The molecular formula is C17H24N2O5S. The van der Waals surface area contributed by atoms with Crippen LogP contribution >= 0.6 is 0 Å². The summed E-state index contributed by atoms with van der Waals surface area (Å²) in [7, 11) is -3.95. The Morgan fingerprint density at radius 3 is 2.28 bits per heavy atom. The van der Waals surface area contributed by atoms with E-state index in [0.29, 0.717) is 5.56 Å². The Morgan fingerprint density at radius 1 is 1.12 bits per heavy atom. The van der Waals surface area contributed by atoms with Crippen molar-refractivity contribution < 1.29 is 22.7 Å². The van der Waals surface area contributed by atoms with Gasteiger partial charge in [-0.25, -0.2) is 17.9 Å². The Labute approximate surface area is 148 Å². The first-order valence-electron chi connectivity index (χ1n) is 8.38. The van der Waals surface area contributed by atoms with Crippen molar-refractivity contribution in [3.8, 4) is 0 Å². The average Bonchev–Trinajstić information content (AvgIpc) is 2.54. The fourth-order valence-electron chi connectivity index (χ4n) is 2.88. The van der Waals surface area contributed by atoms with Crippen LogP contribution in [0.2, 0.25) is 0 Å². The Morgan fingerprint density at radius 2 is 1.72 bits per heavy atom. The third-order valence-electron chi connectivity index (χ3n) is 4.17. The fraction of sp³-hybridized carbons (Fsp3) is 0.529. The zero-order valence-electron chi connectivity index (χ0n) is 14.4. The van der Waals surface area contributed by atoms with Gasteiger partial charge in [0.2, 0.25) is 0 Å². The van der Waals surface area contributed by atoms with Crippen LogP contribution in [0.15, 0.2) is 29.2 Å². The molecule has 1 aromatic rings. The summed E-state index contributed by atoms with van der Waals surface area (Å²) in [5, 5.41) is 2.71. The van der Waals surface area contributed by atoms with Crippen LogP contribution < -0.4 is 10.0 Å². The molecule has 2 rings (SSSR count). The molecule has 7 nitrogen and oxygen atoms in total. The van der Waals surface area contributed by atoms with Crippen molar-refractivity contribution in [3.63, 3.8) is 0 Å². The molecule has 1 aliphatic rings. The van der Waals surface area contributed by atoms with E-state index in [0.717, 1.165) is 32.1 Å². The van der Waals surface area contributed by atoms with E-state index in [1.807, 2.05) is 4.72 Å². The lowest BCUT2D eigenvalue weighted by molar-refractivity contribution is -0.145. The second kappa shape index (κ2) is 8.33.